The summed E-state index contributed by atoms with van der Waals surface area (Å²) in [5.41, 5.74) is 4.38. The average Bonchev–Trinajstić information content (AvgIpc) is 4.26. The summed E-state index contributed by atoms with van der Waals surface area (Å²) in [5.74, 6) is 0.331. The van der Waals surface area contributed by atoms with Crippen molar-refractivity contribution in [1.29, 1.82) is 5.26 Å². The van der Waals surface area contributed by atoms with Crippen LogP contribution in [0, 0.1) is 67.7 Å². The van der Waals surface area contributed by atoms with E-state index in [-0.39, 0.29) is 244 Å². The molecule has 18 heteroatoms. The SMILES string of the molecule is CCBr.CCBr.CCC(=O)c1ccccc1.N#Cc1ccccc1.O=C(c1ccccc1)c1ccoc1.O=C(c1ccsc1)c1ccsc1.[CH2-]C.[CH2-]C.[CH2-]C.[CH2-]C(=O)CC.[CH2-]CCC.[CH2-]CCC.[CH3-].[CH3-].[Li+].[Li+].[Li+].[Li+].[Y].[Y].[Y].[Y]. The molecule has 6 aromatic rings. The minimum atomic E-state index is -0.00523. The first kappa shape index (κ1) is 122. The van der Waals surface area contributed by atoms with Crippen molar-refractivity contribution in [2.45, 2.75) is 101 Å². The van der Waals surface area contributed by atoms with E-state index in [0.717, 1.165) is 40.2 Å². The van der Waals surface area contributed by atoms with E-state index >= 15 is 0 Å². The van der Waals surface area contributed by atoms with Gasteiger partial charge >= 0.3 is 75.4 Å². The molecule has 0 atom stereocenters. The summed E-state index contributed by atoms with van der Waals surface area (Å²) in [6.45, 7) is 37.3. The Hall–Kier alpha value is 2.15. The van der Waals surface area contributed by atoms with Crippen molar-refractivity contribution >= 4 is 77.7 Å². The fraction of sp³-hybridized carbons (Fsp3) is 0.283. The first-order valence-electron chi connectivity index (χ1n) is 22.4. The molecule has 0 N–H and O–H groups in total. The van der Waals surface area contributed by atoms with Gasteiger partial charge in [0.15, 0.2) is 17.3 Å². The van der Waals surface area contributed by atoms with E-state index < -0.39 is 0 Å². The number of nitriles is 1. The van der Waals surface area contributed by atoms with Gasteiger partial charge < -0.3 is 65.6 Å². The molecule has 3 aromatic heterocycles. The van der Waals surface area contributed by atoms with Gasteiger partial charge in [0.1, 0.15) is 6.26 Å². The monoisotopic (exact) mass is 1510 g/mol. The smallest absolute Gasteiger partial charge is 0.472 e. The largest absolute Gasteiger partial charge is 1.00 e. The number of carbonyl (C=O) groups excluding carboxylic acids is 4. The van der Waals surface area contributed by atoms with Crippen molar-refractivity contribution < 1.29 is 230 Å². The Morgan fingerprint density at radius 3 is 1.03 bits per heavy atom. The summed E-state index contributed by atoms with van der Waals surface area (Å²) in [4.78, 5) is 43.9. The molecule has 0 aliphatic carbocycles. The van der Waals surface area contributed by atoms with E-state index in [0.29, 0.717) is 29.5 Å². The second-order valence-electron chi connectivity index (χ2n) is 11.8. The summed E-state index contributed by atoms with van der Waals surface area (Å²) in [6.07, 6.45) is 8.65. The van der Waals surface area contributed by atoms with Crippen LogP contribution in [-0.2, 0) is 136 Å². The van der Waals surface area contributed by atoms with Crippen molar-refractivity contribution in [2.24, 2.45) is 0 Å². The Balaban J connectivity index is -0.0000000400. The van der Waals surface area contributed by atoms with Gasteiger partial charge in [0.2, 0.25) is 0 Å². The number of furan rings is 1. The standard InChI is InChI=1S/C11H8O2.C9H6OS2.C9H10O.C7H5N.C4H7O.2C4H9.2C2H5Br.3C2H5.2CH3.4Li.4Y/c12-11(10-6-7-13-8-10)9-4-2-1-3-5-9;10-9(7-1-3-11-5-7)8-2-4-12-6-8;1-2-9(10)8-6-4-3-5-7-8;8-6-7-4-2-1-3-5-7;1-3-4(2)5;2*1-3-4-2;2*1-2-3;3*1-2;;;;;;;;;;/h1-8H;1-6H;3-7H,2H2,1H3;1-5H;2-3H2,1H3;2*1,3-4H2,2H3;2*2H2,1H3;3*1H2,2H3;2*1H3;;;;;;;;/q;;;;3*-1;;;5*-1;4*+1;;;;. The molecule has 0 amide bonds. The molecule has 406 valence electrons. The Bertz CT molecular complexity index is 1910. The van der Waals surface area contributed by atoms with Crippen LogP contribution in [0.3, 0.4) is 0 Å². The van der Waals surface area contributed by atoms with Crippen LogP contribution in [0.2, 0.25) is 0 Å². The zero-order valence-electron chi connectivity index (χ0n) is 50.6. The molecule has 0 saturated carbocycles. The van der Waals surface area contributed by atoms with Crippen LogP contribution >= 0.6 is 54.5 Å². The number of carbonyl (C=O) groups is 4. The van der Waals surface area contributed by atoms with Crippen molar-refractivity contribution in [3.63, 3.8) is 0 Å². The van der Waals surface area contributed by atoms with Crippen molar-refractivity contribution in [1.82, 2.24) is 0 Å². The van der Waals surface area contributed by atoms with Crippen LogP contribution in [-0.4, -0.2) is 33.8 Å². The fourth-order valence-electron chi connectivity index (χ4n) is 3.44. The third-order valence-corrected chi connectivity index (χ3v) is 8.17. The predicted octanol–water partition coefficient (Wildman–Crippen LogP) is 7.66. The number of rotatable bonds is 9. The van der Waals surface area contributed by atoms with Crippen LogP contribution in [0.25, 0.3) is 0 Å². The molecular formula is C60H85Br2Li4NO5S2Y4-4. The molecule has 0 saturated heterocycles. The molecular weight excluding hydrogens is 1420 g/mol. The number of Topliss-reactive ketones (excluding diaryl/α,β-unsaturated/α-hetero) is 2. The minimum absolute atomic E-state index is 0. The Kier molecular flexibility index (Phi) is 163. The molecule has 0 fully saturated rings. The van der Waals surface area contributed by atoms with E-state index in [1.54, 1.807) is 80.7 Å². The Labute approximate surface area is 652 Å². The average molecular weight is 1510 g/mol. The van der Waals surface area contributed by atoms with Gasteiger partial charge in [-0.25, -0.2) is 0 Å². The first-order chi connectivity index (χ1) is 33.0. The van der Waals surface area contributed by atoms with Crippen LogP contribution in [0.4, 0.5) is 0 Å². The molecule has 78 heavy (non-hydrogen) atoms. The van der Waals surface area contributed by atoms with Gasteiger partial charge in [0, 0.05) is 181 Å². The van der Waals surface area contributed by atoms with E-state index in [9.17, 15) is 19.2 Å². The number of halogens is 2. The maximum atomic E-state index is 11.6. The number of alkyl halides is 2. The Morgan fingerprint density at radius 1 is 0.513 bits per heavy atom. The summed E-state index contributed by atoms with van der Waals surface area (Å²) in [7, 11) is 0. The maximum Gasteiger partial charge on any atom is 1.00 e. The topological polar surface area (TPSA) is 105 Å². The zero-order chi connectivity index (χ0) is 53.2. The van der Waals surface area contributed by atoms with E-state index in [4.69, 9.17) is 9.68 Å². The van der Waals surface area contributed by atoms with Crippen molar-refractivity contribution in [3.05, 3.63) is 233 Å². The molecule has 3 aromatic carbocycles. The number of benzene rings is 3. The van der Waals surface area contributed by atoms with Crippen LogP contribution in [0.1, 0.15) is 149 Å². The van der Waals surface area contributed by atoms with Crippen LogP contribution in [0.15, 0.2) is 148 Å². The van der Waals surface area contributed by atoms with Crippen molar-refractivity contribution in [3.8, 4) is 6.07 Å². The molecule has 3 heterocycles. The number of hydrogen-bond donors (Lipinski definition) is 0. The molecule has 0 aliphatic rings. The van der Waals surface area contributed by atoms with Gasteiger partial charge in [0.05, 0.1) is 23.5 Å². The number of hydrogen-bond acceptors (Lipinski definition) is 8. The molecule has 6 nitrogen and oxygen atoms in total. The van der Waals surface area contributed by atoms with E-state index in [1.165, 1.54) is 25.4 Å². The summed E-state index contributed by atoms with van der Waals surface area (Å²) in [6, 6.07) is 35.0. The molecule has 0 unspecified atom stereocenters. The first-order valence-corrected chi connectivity index (χ1v) is 26.5. The van der Waals surface area contributed by atoms with E-state index in [2.05, 4.69) is 87.2 Å². The summed E-state index contributed by atoms with van der Waals surface area (Å²) in [5, 5.41) is 18.0. The maximum absolute atomic E-state index is 11.6. The van der Waals surface area contributed by atoms with E-state index in [1.807, 2.05) is 127 Å². The third kappa shape index (κ3) is 82.4. The second-order valence-corrected chi connectivity index (χ2v) is 15.6. The normalized spacial score (nSPS) is 7.12. The number of ketones is 4. The van der Waals surface area contributed by atoms with Crippen LogP contribution < -0.4 is 75.4 Å². The van der Waals surface area contributed by atoms with Gasteiger partial charge in [-0.05, 0) is 53.3 Å². The molecule has 0 spiro atoms. The fourth-order valence-corrected chi connectivity index (χ4v) is 4.72. The summed E-state index contributed by atoms with van der Waals surface area (Å²) >= 11 is 9.39. The van der Waals surface area contributed by atoms with Gasteiger partial charge in [0.25, 0.3) is 0 Å². The van der Waals surface area contributed by atoms with Gasteiger partial charge in [-0.15, -0.1) is 0 Å². The molecule has 0 aliphatic heterocycles. The van der Waals surface area contributed by atoms with Crippen molar-refractivity contribution in [2.75, 3.05) is 10.7 Å². The second kappa shape index (κ2) is 104. The van der Waals surface area contributed by atoms with Gasteiger partial charge in [-0.3, -0.25) is 14.4 Å². The Morgan fingerprint density at radius 2 is 0.808 bits per heavy atom. The molecule has 0 bridgehead atoms. The van der Waals surface area contributed by atoms with Gasteiger partial charge in [-0.2, -0.15) is 61.5 Å². The third-order valence-electron chi connectivity index (χ3n) is 6.81. The van der Waals surface area contributed by atoms with Crippen LogP contribution in [0.5, 0.6) is 0 Å². The molecule has 6 rings (SSSR count). The molecule has 4 radical (unpaired) electrons. The zero-order valence-corrected chi connectivity index (χ0v) is 66.8. The quantitative estimate of drug-likeness (QED) is 0.0638. The number of nitrogens with zero attached hydrogens (tertiary/aromatic N) is 1. The summed E-state index contributed by atoms with van der Waals surface area (Å²) < 4.78 is 4.84. The minimum Gasteiger partial charge on any atom is -0.472 e. The number of unbranched alkanes of at least 4 members (excludes halogenated alkanes) is 2. The predicted molar refractivity (Wildman–Crippen MR) is 319 cm³/mol. The van der Waals surface area contributed by atoms with Gasteiger partial charge in [-0.1, -0.05) is 165 Å². The number of thiophene rings is 2.